The maximum absolute atomic E-state index is 11.7. The van der Waals surface area contributed by atoms with Gasteiger partial charge in [-0.2, -0.15) is 0 Å². The Kier molecular flexibility index (Phi) is 13.9. The number of ether oxygens (including phenoxy) is 4. The molecule has 0 fully saturated rings. The first-order valence-electron chi connectivity index (χ1n) is 11.1. The van der Waals surface area contributed by atoms with Gasteiger partial charge in [-0.15, -0.1) is 0 Å². The predicted molar refractivity (Wildman–Crippen MR) is 122 cm³/mol. The van der Waals surface area contributed by atoms with Crippen molar-refractivity contribution in [2.45, 2.75) is 52.4 Å². The van der Waals surface area contributed by atoms with E-state index in [-0.39, 0.29) is 25.0 Å². The molecular formula is C24H36N2O6. The topological polar surface area (TPSA) is 123 Å². The van der Waals surface area contributed by atoms with Crippen LogP contribution in [0.15, 0.2) is 48.2 Å². The van der Waals surface area contributed by atoms with Gasteiger partial charge in [-0.05, 0) is 24.0 Å². The van der Waals surface area contributed by atoms with Crippen LogP contribution < -0.4 is 11.5 Å². The van der Waals surface area contributed by atoms with Crippen LogP contribution >= 0.6 is 0 Å². The first-order valence-corrected chi connectivity index (χ1v) is 11.1. The smallest absolute Gasteiger partial charge is 0.336 e. The van der Waals surface area contributed by atoms with Crippen molar-refractivity contribution in [3.05, 3.63) is 59.3 Å². The lowest BCUT2D eigenvalue weighted by Gasteiger charge is -2.07. The van der Waals surface area contributed by atoms with Crippen molar-refractivity contribution in [1.29, 1.82) is 0 Å². The minimum atomic E-state index is -0.525. The highest BCUT2D eigenvalue weighted by atomic mass is 16.5. The summed E-state index contributed by atoms with van der Waals surface area (Å²) >= 11 is 0. The monoisotopic (exact) mass is 448 g/mol. The number of hydrogen-bond donors (Lipinski definition) is 2. The van der Waals surface area contributed by atoms with Crippen molar-refractivity contribution in [3.63, 3.8) is 0 Å². The lowest BCUT2D eigenvalue weighted by Crippen LogP contribution is -2.11. The molecule has 32 heavy (non-hydrogen) atoms. The van der Waals surface area contributed by atoms with Crippen LogP contribution in [0.4, 0.5) is 0 Å². The fourth-order valence-corrected chi connectivity index (χ4v) is 2.48. The van der Waals surface area contributed by atoms with E-state index in [4.69, 9.17) is 30.4 Å². The van der Waals surface area contributed by atoms with Crippen LogP contribution in [0.1, 0.15) is 50.7 Å². The highest BCUT2D eigenvalue weighted by Gasteiger charge is 2.04. The molecule has 1 aromatic rings. The number of nitrogens with two attached hydrogens (primary N) is 2. The molecule has 0 aliphatic heterocycles. The van der Waals surface area contributed by atoms with E-state index in [1.54, 1.807) is 0 Å². The molecule has 0 amide bonds. The van der Waals surface area contributed by atoms with E-state index < -0.39 is 11.9 Å². The van der Waals surface area contributed by atoms with Gasteiger partial charge >= 0.3 is 11.9 Å². The van der Waals surface area contributed by atoms with Crippen molar-refractivity contribution in [2.24, 2.45) is 11.5 Å². The molecular weight excluding hydrogens is 412 g/mol. The molecule has 0 heterocycles. The Labute approximate surface area is 190 Å². The third-order valence-corrected chi connectivity index (χ3v) is 4.35. The van der Waals surface area contributed by atoms with E-state index in [9.17, 15) is 9.59 Å². The molecule has 8 heteroatoms. The predicted octanol–water partition coefficient (Wildman–Crippen LogP) is 3.09. The van der Waals surface area contributed by atoms with Gasteiger partial charge in [-0.1, -0.05) is 51.0 Å². The lowest BCUT2D eigenvalue weighted by molar-refractivity contribution is -0.138. The van der Waals surface area contributed by atoms with Crippen molar-refractivity contribution in [2.75, 3.05) is 26.4 Å². The molecule has 0 unspecified atom stereocenters. The molecule has 4 N–H and O–H groups in total. The van der Waals surface area contributed by atoms with Gasteiger partial charge < -0.3 is 30.4 Å². The molecule has 0 aliphatic carbocycles. The van der Waals surface area contributed by atoms with Crippen molar-refractivity contribution >= 4 is 11.9 Å². The lowest BCUT2D eigenvalue weighted by atomic mass is 10.1. The molecule has 0 atom stereocenters. The number of carbonyl (C=O) groups excluding carboxylic acids is 2. The number of esters is 2. The first-order chi connectivity index (χ1) is 15.4. The fraction of sp³-hybridized carbons (Fsp3) is 0.500. The van der Waals surface area contributed by atoms with Crippen LogP contribution in [0.25, 0.3) is 0 Å². The standard InChI is InChI=1S/C24H36N2O6/c1-3-5-13-29-21(25)17-23(27)31-15-11-19-7-9-20(10-8-19)12-16-32-24(28)18-22(26)30-14-6-4-2/h7-10,17-18H,3-6,11-16,25-26H2,1-2H3. The summed E-state index contributed by atoms with van der Waals surface area (Å²) in [5, 5.41) is 0. The first kappa shape index (κ1) is 26.9. The fourth-order valence-electron chi connectivity index (χ4n) is 2.48. The Morgan fingerprint density at radius 3 is 1.41 bits per heavy atom. The molecule has 0 aromatic heterocycles. The van der Waals surface area contributed by atoms with Gasteiger partial charge in [-0.25, -0.2) is 9.59 Å². The average molecular weight is 449 g/mol. The normalized spacial score (nSPS) is 11.7. The van der Waals surface area contributed by atoms with E-state index in [2.05, 4.69) is 0 Å². The van der Waals surface area contributed by atoms with E-state index >= 15 is 0 Å². The van der Waals surface area contributed by atoms with Crippen LogP contribution in [-0.4, -0.2) is 38.4 Å². The van der Waals surface area contributed by atoms with Gasteiger partial charge in [0.15, 0.2) is 11.8 Å². The number of hydrogen-bond acceptors (Lipinski definition) is 8. The summed E-state index contributed by atoms with van der Waals surface area (Å²) in [7, 11) is 0. The molecule has 1 rings (SSSR count). The Morgan fingerprint density at radius 1 is 0.688 bits per heavy atom. The Bertz CT molecular complexity index is 680. The SMILES string of the molecule is CCCCOC(N)=CC(=O)OCCc1ccc(CCOC(=O)C=C(N)OCCCC)cc1. The number of unbranched alkanes of at least 4 members (excludes halogenated alkanes) is 2. The second-order valence-corrected chi connectivity index (χ2v) is 7.15. The van der Waals surface area contributed by atoms with Gasteiger partial charge in [0, 0.05) is 12.8 Å². The van der Waals surface area contributed by atoms with Gasteiger partial charge in [-0.3, -0.25) is 0 Å². The molecule has 0 saturated carbocycles. The molecule has 0 radical (unpaired) electrons. The molecule has 0 spiro atoms. The summed E-state index contributed by atoms with van der Waals surface area (Å²) in [5.74, 6) is -0.919. The van der Waals surface area contributed by atoms with Gasteiger partial charge in [0.25, 0.3) is 0 Å². The molecule has 0 aliphatic rings. The third-order valence-electron chi connectivity index (χ3n) is 4.35. The zero-order valence-electron chi connectivity index (χ0n) is 19.1. The maximum Gasteiger partial charge on any atom is 0.336 e. The summed E-state index contributed by atoms with van der Waals surface area (Å²) in [6.45, 7) is 5.52. The second-order valence-electron chi connectivity index (χ2n) is 7.15. The summed E-state index contributed by atoms with van der Waals surface area (Å²) in [6.07, 6.45) is 7.19. The zero-order valence-corrected chi connectivity index (χ0v) is 19.1. The van der Waals surface area contributed by atoms with E-state index in [1.807, 2.05) is 38.1 Å². The molecule has 8 nitrogen and oxygen atoms in total. The van der Waals surface area contributed by atoms with Crippen LogP contribution in [0.2, 0.25) is 0 Å². The van der Waals surface area contributed by atoms with E-state index in [0.29, 0.717) is 26.1 Å². The minimum Gasteiger partial charge on any atom is -0.479 e. The van der Waals surface area contributed by atoms with Crippen molar-refractivity contribution < 1.29 is 28.5 Å². The Hall–Kier alpha value is -3.16. The zero-order chi connectivity index (χ0) is 23.6. The van der Waals surface area contributed by atoms with E-state index in [1.165, 1.54) is 0 Å². The van der Waals surface area contributed by atoms with Crippen LogP contribution in [0.3, 0.4) is 0 Å². The summed E-state index contributed by atoms with van der Waals surface area (Å²) in [4.78, 5) is 23.4. The molecule has 178 valence electrons. The average Bonchev–Trinajstić information content (AvgIpc) is 2.75. The highest BCUT2D eigenvalue weighted by Crippen LogP contribution is 2.07. The number of benzene rings is 1. The Morgan fingerprint density at radius 2 is 1.06 bits per heavy atom. The number of rotatable bonds is 16. The quantitative estimate of drug-likeness (QED) is 0.171. The van der Waals surface area contributed by atoms with Crippen LogP contribution in [0.5, 0.6) is 0 Å². The van der Waals surface area contributed by atoms with Crippen LogP contribution in [-0.2, 0) is 41.4 Å². The Balaban J connectivity index is 2.27. The second kappa shape index (κ2) is 16.5. The van der Waals surface area contributed by atoms with Crippen molar-refractivity contribution in [3.8, 4) is 0 Å². The minimum absolute atomic E-state index is 0.0655. The van der Waals surface area contributed by atoms with Gasteiger partial charge in [0.05, 0.1) is 38.6 Å². The highest BCUT2D eigenvalue weighted by molar-refractivity contribution is 5.82. The molecule has 0 bridgehead atoms. The summed E-state index contributed by atoms with van der Waals surface area (Å²) < 4.78 is 20.7. The summed E-state index contributed by atoms with van der Waals surface area (Å²) in [6, 6.07) is 7.79. The van der Waals surface area contributed by atoms with Gasteiger partial charge in [0.2, 0.25) is 0 Å². The molecule has 1 aromatic carbocycles. The third kappa shape index (κ3) is 13.2. The summed E-state index contributed by atoms with van der Waals surface area (Å²) in [5.41, 5.74) is 13.3. The maximum atomic E-state index is 11.7. The van der Waals surface area contributed by atoms with E-state index in [0.717, 1.165) is 49.0 Å². The molecule has 0 saturated heterocycles. The van der Waals surface area contributed by atoms with Crippen molar-refractivity contribution in [1.82, 2.24) is 0 Å². The largest absolute Gasteiger partial charge is 0.479 e. The van der Waals surface area contributed by atoms with Crippen LogP contribution in [0, 0.1) is 0 Å². The van der Waals surface area contributed by atoms with Gasteiger partial charge in [0.1, 0.15) is 0 Å². The number of carbonyl (C=O) groups is 2.